The molecule has 9 heteroatoms. The number of alkyl halides is 3. The molecule has 6 nitrogen and oxygen atoms in total. The number of carbonyl (C=O) groups is 1. The number of likely N-dealkylation sites (tertiary alicyclic amines) is 1. The molecule has 0 aliphatic carbocycles. The van der Waals surface area contributed by atoms with Crippen LogP contribution in [0.2, 0.25) is 0 Å². The van der Waals surface area contributed by atoms with Crippen LogP contribution in [0.5, 0.6) is 5.75 Å². The van der Waals surface area contributed by atoms with Crippen LogP contribution in [-0.4, -0.2) is 63.6 Å². The molecular formula is C17H24F3N3O3. The monoisotopic (exact) mass is 375 g/mol. The number of ether oxygens (including phenoxy) is 2. The molecule has 1 fully saturated rings. The zero-order valence-electron chi connectivity index (χ0n) is 14.6. The zero-order valence-corrected chi connectivity index (χ0v) is 14.6. The predicted octanol–water partition coefficient (Wildman–Crippen LogP) is 2.72. The Morgan fingerprint density at radius 2 is 2.08 bits per heavy atom. The molecule has 0 aromatic heterocycles. The Morgan fingerprint density at radius 3 is 2.81 bits per heavy atom. The quantitative estimate of drug-likeness (QED) is 0.686. The number of halogens is 3. The van der Waals surface area contributed by atoms with E-state index in [2.05, 4.69) is 10.6 Å². The standard InChI is InChI=1S/C17H24F3N3O3/c1-25-8-9-26-15-5-3-2-4-14(15)22-16(24)21-10-13-6-7-23(11-13)12-17(18,19)20/h2-5,13H,6-12H2,1H3,(H2,21,22,24). The largest absolute Gasteiger partial charge is 0.489 e. The van der Waals surface area contributed by atoms with E-state index in [4.69, 9.17) is 9.47 Å². The minimum absolute atomic E-state index is 0.0105. The number of methoxy groups -OCH3 is 1. The molecule has 146 valence electrons. The van der Waals surface area contributed by atoms with E-state index < -0.39 is 18.8 Å². The second-order valence-electron chi connectivity index (χ2n) is 6.18. The maximum Gasteiger partial charge on any atom is 0.401 e. The van der Waals surface area contributed by atoms with Crippen molar-refractivity contribution in [1.82, 2.24) is 10.2 Å². The maximum atomic E-state index is 12.4. The summed E-state index contributed by atoms with van der Waals surface area (Å²) in [5, 5.41) is 5.41. The van der Waals surface area contributed by atoms with Gasteiger partial charge in [-0.1, -0.05) is 12.1 Å². The van der Waals surface area contributed by atoms with Gasteiger partial charge in [-0.15, -0.1) is 0 Å². The van der Waals surface area contributed by atoms with Gasteiger partial charge >= 0.3 is 12.2 Å². The maximum absolute atomic E-state index is 12.4. The Balaban J connectivity index is 1.76. The first-order valence-corrected chi connectivity index (χ1v) is 8.42. The van der Waals surface area contributed by atoms with Crippen molar-refractivity contribution in [3.05, 3.63) is 24.3 Å². The van der Waals surface area contributed by atoms with E-state index in [-0.39, 0.29) is 5.92 Å². The first kappa shape index (κ1) is 20.3. The van der Waals surface area contributed by atoms with Crippen LogP contribution in [0.25, 0.3) is 0 Å². The molecule has 26 heavy (non-hydrogen) atoms. The van der Waals surface area contributed by atoms with Gasteiger partial charge in [0.15, 0.2) is 0 Å². The first-order chi connectivity index (χ1) is 12.4. The molecule has 1 aromatic rings. The molecule has 1 aromatic carbocycles. The third-order valence-corrected chi connectivity index (χ3v) is 4.00. The fourth-order valence-corrected chi connectivity index (χ4v) is 2.81. The van der Waals surface area contributed by atoms with Crippen molar-refractivity contribution < 1.29 is 27.4 Å². The van der Waals surface area contributed by atoms with Crippen LogP contribution < -0.4 is 15.4 Å². The summed E-state index contributed by atoms with van der Waals surface area (Å²) in [5.41, 5.74) is 0.520. The number of hydrogen-bond acceptors (Lipinski definition) is 4. The van der Waals surface area contributed by atoms with Gasteiger partial charge in [0.2, 0.25) is 0 Å². The van der Waals surface area contributed by atoms with E-state index in [0.29, 0.717) is 50.7 Å². The lowest BCUT2D eigenvalue weighted by Crippen LogP contribution is -2.36. The number of nitrogens with zero attached hydrogens (tertiary/aromatic N) is 1. The molecule has 0 saturated carbocycles. The Kier molecular flexibility index (Phi) is 7.52. The molecule has 2 amide bonds. The van der Waals surface area contributed by atoms with Crippen molar-refractivity contribution in [2.24, 2.45) is 5.92 Å². The van der Waals surface area contributed by atoms with Crippen LogP contribution in [0.15, 0.2) is 24.3 Å². The minimum atomic E-state index is -4.19. The normalized spacial score (nSPS) is 17.9. The van der Waals surface area contributed by atoms with Crippen LogP contribution >= 0.6 is 0 Å². The highest BCUT2D eigenvalue weighted by Crippen LogP contribution is 2.24. The molecular weight excluding hydrogens is 351 g/mol. The molecule has 0 spiro atoms. The topological polar surface area (TPSA) is 62.8 Å². The lowest BCUT2D eigenvalue weighted by atomic mass is 10.1. The molecule has 1 aliphatic rings. The zero-order chi connectivity index (χ0) is 19.0. The van der Waals surface area contributed by atoms with Crippen LogP contribution in [0.4, 0.5) is 23.7 Å². The van der Waals surface area contributed by atoms with Crippen LogP contribution in [0.3, 0.4) is 0 Å². The summed E-state index contributed by atoms with van der Waals surface area (Å²) in [4.78, 5) is 13.4. The van der Waals surface area contributed by atoms with Gasteiger partial charge < -0.3 is 20.1 Å². The lowest BCUT2D eigenvalue weighted by Gasteiger charge is -2.18. The van der Waals surface area contributed by atoms with Gasteiger partial charge in [-0.25, -0.2) is 4.79 Å². The third kappa shape index (κ3) is 7.09. The van der Waals surface area contributed by atoms with Crippen molar-refractivity contribution in [2.75, 3.05) is 51.8 Å². The summed E-state index contributed by atoms with van der Waals surface area (Å²) >= 11 is 0. The van der Waals surface area contributed by atoms with Crippen molar-refractivity contribution in [2.45, 2.75) is 12.6 Å². The number of para-hydroxylation sites is 2. The fourth-order valence-electron chi connectivity index (χ4n) is 2.81. The van der Waals surface area contributed by atoms with Gasteiger partial charge in [0.05, 0.1) is 18.8 Å². The summed E-state index contributed by atoms with van der Waals surface area (Å²) in [5.74, 6) is 0.535. The highest BCUT2D eigenvalue weighted by Gasteiger charge is 2.34. The number of nitrogens with one attached hydrogen (secondary N) is 2. The molecule has 1 heterocycles. The van der Waals surface area contributed by atoms with Crippen LogP contribution in [0.1, 0.15) is 6.42 Å². The van der Waals surface area contributed by atoms with Crippen molar-refractivity contribution >= 4 is 11.7 Å². The summed E-state index contributed by atoms with van der Waals surface area (Å²) in [7, 11) is 1.57. The van der Waals surface area contributed by atoms with E-state index in [1.165, 1.54) is 4.90 Å². The number of anilines is 1. The summed E-state index contributed by atoms with van der Waals surface area (Å²) in [6.07, 6.45) is -3.56. The molecule has 0 radical (unpaired) electrons. The van der Waals surface area contributed by atoms with Gasteiger partial charge in [0.25, 0.3) is 0 Å². The van der Waals surface area contributed by atoms with E-state index >= 15 is 0 Å². The van der Waals surface area contributed by atoms with Crippen LogP contribution in [-0.2, 0) is 4.74 Å². The summed E-state index contributed by atoms with van der Waals surface area (Å²) < 4.78 is 47.7. The van der Waals surface area contributed by atoms with Crippen molar-refractivity contribution in [1.29, 1.82) is 0 Å². The number of urea groups is 1. The number of amides is 2. The first-order valence-electron chi connectivity index (χ1n) is 8.42. The average Bonchev–Trinajstić information content (AvgIpc) is 3.00. The number of benzene rings is 1. The summed E-state index contributed by atoms with van der Waals surface area (Å²) in [6, 6.07) is 6.59. The fraction of sp³-hybridized carbons (Fsp3) is 0.588. The summed E-state index contributed by atoms with van der Waals surface area (Å²) in [6.45, 7) is 0.930. The van der Waals surface area contributed by atoms with E-state index in [1.54, 1.807) is 31.4 Å². The van der Waals surface area contributed by atoms with Gasteiger partial charge in [-0.05, 0) is 31.0 Å². The van der Waals surface area contributed by atoms with E-state index in [0.717, 1.165) is 0 Å². The van der Waals surface area contributed by atoms with Gasteiger partial charge in [0, 0.05) is 20.2 Å². The Hall–Kier alpha value is -2.00. The third-order valence-electron chi connectivity index (χ3n) is 4.00. The highest BCUT2D eigenvalue weighted by molar-refractivity contribution is 5.90. The molecule has 1 unspecified atom stereocenters. The molecule has 1 atom stereocenters. The van der Waals surface area contributed by atoms with Crippen molar-refractivity contribution in [3.8, 4) is 5.75 Å². The van der Waals surface area contributed by atoms with Gasteiger partial charge in [0.1, 0.15) is 12.4 Å². The average molecular weight is 375 g/mol. The molecule has 2 rings (SSSR count). The molecule has 0 bridgehead atoms. The Morgan fingerprint density at radius 1 is 1.31 bits per heavy atom. The number of carbonyl (C=O) groups excluding carboxylic acids is 1. The Bertz CT molecular complexity index is 584. The van der Waals surface area contributed by atoms with E-state index in [9.17, 15) is 18.0 Å². The van der Waals surface area contributed by atoms with Gasteiger partial charge in [-0.3, -0.25) is 4.90 Å². The second-order valence-corrected chi connectivity index (χ2v) is 6.18. The van der Waals surface area contributed by atoms with Gasteiger partial charge in [-0.2, -0.15) is 13.2 Å². The van der Waals surface area contributed by atoms with Crippen molar-refractivity contribution in [3.63, 3.8) is 0 Å². The number of hydrogen-bond donors (Lipinski definition) is 2. The number of rotatable bonds is 8. The van der Waals surface area contributed by atoms with E-state index in [1.807, 2.05) is 0 Å². The minimum Gasteiger partial charge on any atom is -0.489 e. The lowest BCUT2D eigenvalue weighted by molar-refractivity contribution is -0.143. The molecule has 1 saturated heterocycles. The second kappa shape index (κ2) is 9.63. The highest BCUT2D eigenvalue weighted by atomic mass is 19.4. The molecule has 2 N–H and O–H groups in total. The SMILES string of the molecule is COCCOc1ccccc1NC(=O)NCC1CCN(CC(F)(F)F)C1. The predicted molar refractivity (Wildman–Crippen MR) is 91.4 cm³/mol. The van der Waals surface area contributed by atoms with Crippen LogP contribution in [0, 0.1) is 5.92 Å². The molecule has 1 aliphatic heterocycles. The smallest absolute Gasteiger partial charge is 0.401 e. The Labute approximate surface area is 150 Å².